The van der Waals surface area contributed by atoms with Crippen molar-refractivity contribution in [1.29, 1.82) is 0 Å². The van der Waals surface area contributed by atoms with Crippen LogP contribution in [0.5, 0.6) is 0 Å². The molecule has 0 aromatic carbocycles. The molecule has 1 fully saturated rings. The molecule has 2 N–H and O–H groups in total. The first-order chi connectivity index (χ1) is 8.84. The molecule has 1 saturated heterocycles. The molecular weight excluding hydrogens is 248 g/mol. The summed E-state index contributed by atoms with van der Waals surface area (Å²) in [5.41, 5.74) is 6.55. The van der Waals surface area contributed by atoms with E-state index in [0.717, 1.165) is 18.0 Å². The molecule has 0 atom stereocenters. The number of nitrogens with two attached hydrogens (primary N) is 1. The summed E-state index contributed by atoms with van der Waals surface area (Å²) in [6, 6.07) is 1.86. The lowest BCUT2D eigenvalue weighted by atomic mass is 10.2. The second kappa shape index (κ2) is 4.97. The molecule has 0 unspecified atom stereocenters. The van der Waals surface area contributed by atoms with Crippen LogP contribution < -0.4 is 10.6 Å². The number of nitrogen functional groups attached to an aromatic ring is 1. The monoisotopic (exact) mass is 264 g/mol. The summed E-state index contributed by atoms with van der Waals surface area (Å²) in [6.07, 6.45) is 4.98. The standard InChI is InChI=1S/C12H16N4OS/c13-9-5-8-18-10(9)11-14-12(15-17-11)16-6-3-1-2-4-7-16/h5,8H,1-4,6-7,13H2. The molecule has 2 aromatic rings. The van der Waals surface area contributed by atoms with Crippen molar-refractivity contribution in [1.82, 2.24) is 10.1 Å². The van der Waals surface area contributed by atoms with Crippen LogP contribution in [0.3, 0.4) is 0 Å². The molecule has 0 aliphatic carbocycles. The third-order valence-corrected chi connectivity index (χ3v) is 4.11. The van der Waals surface area contributed by atoms with Gasteiger partial charge in [-0.05, 0) is 29.4 Å². The smallest absolute Gasteiger partial charge is 0.271 e. The Bertz CT molecular complexity index is 514. The van der Waals surface area contributed by atoms with E-state index in [4.69, 9.17) is 10.3 Å². The Morgan fingerprint density at radius 1 is 1.22 bits per heavy atom. The van der Waals surface area contributed by atoms with Crippen LogP contribution in [-0.4, -0.2) is 23.2 Å². The van der Waals surface area contributed by atoms with E-state index in [2.05, 4.69) is 15.0 Å². The highest BCUT2D eigenvalue weighted by atomic mass is 32.1. The predicted molar refractivity (Wildman–Crippen MR) is 72.7 cm³/mol. The van der Waals surface area contributed by atoms with Crippen LogP contribution in [0.4, 0.5) is 11.6 Å². The number of anilines is 2. The Balaban J connectivity index is 1.82. The van der Waals surface area contributed by atoms with Crippen LogP contribution in [0.2, 0.25) is 0 Å². The normalized spacial score (nSPS) is 16.8. The zero-order valence-electron chi connectivity index (χ0n) is 10.1. The number of hydrogen-bond acceptors (Lipinski definition) is 6. The number of nitrogens with zero attached hydrogens (tertiary/aromatic N) is 3. The molecule has 3 rings (SSSR count). The molecule has 5 nitrogen and oxygen atoms in total. The summed E-state index contributed by atoms with van der Waals surface area (Å²) in [7, 11) is 0. The van der Waals surface area contributed by atoms with Gasteiger partial charge in [-0.25, -0.2) is 0 Å². The highest BCUT2D eigenvalue weighted by Crippen LogP contribution is 2.31. The van der Waals surface area contributed by atoms with Crippen molar-refractivity contribution in [3.63, 3.8) is 0 Å². The second-order valence-corrected chi connectivity index (χ2v) is 5.42. The molecule has 0 saturated carbocycles. The van der Waals surface area contributed by atoms with E-state index in [9.17, 15) is 0 Å². The van der Waals surface area contributed by atoms with Crippen molar-refractivity contribution in [3.8, 4) is 10.8 Å². The Hall–Kier alpha value is -1.56. The zero-order valence-corrected chi connectivity index (χ0v) is 10.9. The lowest BCUT2D eigenvalue weighted by Gasteiger charge is -2.16. The average Bonchev–Trinajstić information content (AvgIpc) is 2.91. The lowest BCUT2D eigenvalue weighted by Crippen LogP contribution is -2.24. The van der Waals surface area contributed by atoms with Crippen LogP contribution in [0.25, 0.3) is 10.8 Å². The molecule has 6 heteroatoms. The molecule has 96 valence electrons. The number of hydrogen-bond donors (Lipinski definition) is 1. The van der Waals surface area contributed by atoms with Gasteiger partial charge in [0.25, 0.3) is 11.8 Å². The third-order valence-electron chi connectivity index (χ3n) is 3.19. The van der Waals surface area contributed by atoms with Crippen molar-refractivity contribution in [2.75, 3.05) is 23.7 Å². The minimum Gasteiger partial charge on any atom is -0.397 e. The number of aromatic nitrogens is 2. The quantitative estimate of drug-likeness (QED) is 0.903. The summed E-state index contributed by atoms with van der Waals surface area (Å²) in [5, 5.41) is 6.00. The van der Waals surface area contributed by atoms with Crippen LogP contribution in [0, 0.1) is 0 Å². The summed E-state index contributed by atoms with van der Waals surface area (Å²) >= 11 is 1.53. The summed E-state index contributed by atoms with van der Waals surface area (Å²) < 4.78 is 5.31. The fourth-order valence-corrected chi connectivity index (χ4v) is 2.94. The molecule has 2 aromatic heterocycles. The number of rotatable bonds is 2. The fraction of sp³-hybridized carbons (Fsp3) is 0.500. The molecular formula is C12H16N4OS. The van der Waals surface area contributed by atoms with Crippen LogP contribution in [0.15, 0.2) is 16.0 Å². The molecule has 18 heavy (non-hydrogen) atoms. The van der Waals surface area contributed by atoms with Crippen molar-refractivity contribution in [2.45, 2.75) is 25.7 Å². The zero-order chi connectivity index (χ0) is 12.4. The summed E-state index contributed by atoms with van der Waals surface area (Å²) in [4.78, 5) is 7.52. The van der Waals surface area contributed by atoms with Gasteiger partial charge in [0.1, 0.15) is 4.88 Å². The van der Waals surface area contributed by atoms with Gasteiger partial charge in [0.05, 0.1) is 5.69 Å². The predicted octanol–water partition coefficient (Wildman–Crippen LogP) is 2.76. The Labute approximate surface area is 110 Å². The van der Waals surface area contributed by atoms with E-state index in [1.165, 1.54) is 37.0 Å². The van der Waals surface area contributed by atoms with Crippen LogP contribution in [0.1, 0.15) is 25.7 Å². The van der Waals surface area contributed by atoms with E-state index in [1.807, 2.05) is 11.4 Å². The third kappa shape index (κ3) is 2.20. The SMILES string of the molecule is Nc1ccsc1-c1nc(N2CCCCCC2)no1. The summed E-state index contributed by atoms with van der Waals surface area (Å²) in [5.74, 6) is 1.22. The van der Waals surface area contributed by atoms with E-state index in [1.54, 1.807) is 0 Å². The van der Waals surface area contributed by atoms with Crippen molar-refractivity contribution in [3.05, 3.63) is 11.4 Å². The maximum Gasteiger partial charge on any atom is 0.271 e. The maximum atomic E-state index is 5.85. The molecule has 0 radical (unpaired) electrons. The van der Waals surface area contributed by atoms with Gasteiger partial charge in [-0.15, -0.1) is 11.3 Å². The van der Waals surface area contributed by atoms with Crippen molar-refractivity contribution < 1.29 is 4.52 Å². The van der Waals surface area contributed by atoms with Gasteiger partial charge in [-0.1, -0.05) is 12.8 Å². The molecule has 1 aliphatic rings. The van der Waals surface area contributed by atoms with E-state index in [0.29, 0.717) is 17.5 Å². The average molecular weight is 264 g/mol. The molecule has 1 aliphatic heterocycles. The lowest BCUT2D eigenvalue weighted by molar-refractivity contribution is 0.430. The highest BCUT2D eigenvalue weighted by Gasteiger charge is 2.18. The van der Waals surface area contributed by atoms with Gasteiger partial charge in [0.15, 0.2) is 0 Å². The van der Waals surface area contributed by atoms with Crippen LogP contribution >= 0.6 is 11.3 Å². The second-order valence-electron chi connectivity index (χ2n) is 4.51. The van der Waals surface area contributed by atoms with Crippen molar-refractivity contribution in [2.24, 2.45) is 0 Å². The fourth-order valence-electron chi connectivity index (χ4n) is 2.20. The minimum atomic E-state index is 0.529. The van der Waals surface area contributed by atoms with Gasteiger partial charge >= 0.3 is 0 Å². The topological polar surface area (TPSA) is 68.2 Å². The number of thiophene rings is 1. The van der Waals surface area contributed by atoms with Crippen LogP contribution in [-0.2, 0) is 0 Å². The first kappa shape index (κ1) is 11.5. The molecule has 0 spiro atoms. The minimum absolute atomic E-state index is 0.529. The molecule has 3 heterocycles. The van der Waals surface area contributed by atoms with Crippen molar-refractivity contribution >= 4 is 23.0 Å². The first-order valence-electron chi connectivity index (χ1n) is 6.26. The Kier molecular flexibility index (Phi) is 3.19. The summed E-state index contributed by atoms with van der Waals surface area (Å²) in [6.45, 7) is 2.03. The van der Waals surface area contributed by atoms with Gasteiger partial charge in [-0.2, -0.15) is 4.98 Å². The van der Waals surface area contributed by atoms with Gasteiger partial charge in [-0.3, -0.25) is 0 Å². The van der Waals surface area contributed by atoms with E-state index < -0.39 is 0 Å². The van der Waals surface area contributed by atoms with E-state index in [-0.39, 0.29) is 0 Å². The largest absolute Gasteiger partial charge is 0.397 e. The van der Waals surface area contributed by atoms with E-state index >= 15 is 0 Å². The van der Waals surface area contributed by atoms with Gasteiger partial charge in [0.2, 0.25) is 0 Å². The van der Waals surface area contributed by atoms with Gasteiger partial charge in [0, 0.05) is 13.1 Å². The van der Waals surface area contributed by atoms with Gasteiger partial charge < -0.3 is 15.2 Å². The highest BCUT2D eigenvalue weighted by molar-refractivity contribution is 7.14. The molecule has 0 amide bonds. The maximum absolute atomic E-state index is 5.85. The first-order valence-corrected chi connectivity index (χ1v) is 7.14. The molecule has 0 bridgehead atoms. The Morgan fingerprint density at radius 3 is 2.67 bits per heavy atom. The Morgan fingerprint density at radius 2 is 2.00 bits per heavy atom.